The second kappa shape index (κ2) is 13.6. The van der Waals surface area contributed by atoms with E-state index < -0.39 is 0 Å². The monoisotopic (exact) mass is 440 g/mol. The third-order valence-corrected chi connectivity index (χ3v) is 7.15. The molecule has 0 aliphatic carbocycles. The van der Waals surface area contributed by atoms with Crippen LogP contribution in [0.1, 0.15) is 90.9 Å². The number of benzene rings is 2. The summed E-state index contributed by atoms with van der Waals surface area (Å²) < 4.78 is 15.2. The Morgan fingerprint density at radius 3 is 1.94 bits per heavy atom. The second-order valence-electron chi connectivity index (χ2n) is 8.60. The van der Waals surface area contributed by atoms with Gasteiger partial charge in [0.2, 0.25) is 0 Å². The third kappa shape index (κ3) is 7.14. The highest BCUT2D eigenvalue weighted by Gasteiger charge is 2.15. The fourth-order valence-corrected chi connectivity index (χ4v) is 5.31. The molecule has 2 aromatic carbocycles. The van der Waals surface area contributed by atoms with E-state index in [1.165, 1.54) is 84.4 Å². The Labute approximate surface area is 193 Å². The van der Waals surface area contributed by atoms with Gasteiger partial charge >= 0.3 is 0 Å². The first-order valence-electron chi connectivity index (χ1n) is 12.5. The SMILES string of the molecule is CCCCCCCCOc1ccc2c(sc3ccccc32)c1OCCCCCCCC. The van der Waals surface area contributed by atoms with Crippen LogP contribution in [0.5, 0.6) is 11.5 Å². The zero-order chi connectivity index (χ0) is 21.7. The molecule has 1 heterocycles. The lowest BCUT2D eigenvalue weighted by molar-refractivity contribution is 0.261. The van der Waals surface area contributed by atoms with Crippen LogP contribution in [0.2, 0.25) is 0 Å². The highest BCUT2D eigenvalue weighted by atomic mass is 32.1. The quantitative estimate of drug-likeness (QED) is 0.206. The maximum absolute atomic E-state index is 6.38. The van der Waals surface area contributed by atoms with Gasteiger partial charge in [-0.05, 0) is 31.0 Å². The number of hydrogen-bond acceptors (Lipinski definition) is 3. The fraction of sp³-hybridized carbons (Fsp3) is 0.571. The summed E-state index contributed by atoms with van der Waals surface area (Å²) in [6.45, 7) is 6.07. The van der Waals surface area contributed by atoms with Crippen LogP contribution in [0, 0.1) is 0 Å². The van der Waals surface area contributed by atoms with Gasteiger partial charge in [0.25, 0.3) is 0 Å². The minimum Gasteiger partial charge on any atom is -0.490 e. The van der Waals surface area contributed by atoms with Gasteiger partial charge in [-0.2, -0.15) is 0 Å². The van der Waals surface area contributed by atoms with Crippen molar-refractivity contribution in [2.24, 2.45) is 0 Å². The van der Waals surface area contributed by atoms with Crippen molar-refractivity contribution in [3.05, 3.63) is 36.4 Å². The van der Waals surface area contributed by atoms with E-state index in [0.29, 0.717) is 0 Å². The minimum atomic E-state index is 0.771. The lowest BCUT2D eigenvalue weighted by Gasteiger charge is -2.14. The molecule has 0 unspecified atom stereocenters. The summed E-state index contributed by atoms with van der Waals surface area (Å²) in [5, 5.41) is 2.60. The van der Waals surface area contributed by atoms with Gasteiger partial charge in [-0.3, -0.25) is 0 Å². The summed E-state index contributed by atoms with van der Waals surface area (Å²) in [5.41, 5.74) is 0. The molecule has 0 amide bonds. The summed E-state index contributed by atoms with van der Waals surface area (Å²) in [6, 6.07) is 13.0. The number of hydrogen-bond donors (Lipinski definition) is 0. The Kier molecular flexibility index (Phi) is 10.5. The number of rotatable bonds is 16. The zero-order valence-electron chi connectivity index (χ0n) is 19.6. The van der Waals surface area contributed by atoms with E-state index in [1.54, 1.807) is 0 Å². The Morgan fingerprint density at radius 2 is 1.23 bits per heavy atom. The predicted molar refractivity (Wildman–Crippen MR) is 137 cm³/mol. The Bertz CT molecular complexity index is 899. The van der Waals surface area contributed by atoms with Crippen molar-refractivity contribution in [1.29, 1.82) is 0 Å². The number of unbranched alkanes of at least 4 members (excludes halogenated alkanes) is 10. The van der Waals surface area contributed by atoms with E-state index in [-0.39, 0.29) is 0 Å². The van der Waals surface area contributed by atoms with Crippen molar-refractivity contribution in [3.8, 4) is 11.5 Å². The van der Waals surface area contributed by atoms with Crippen LogP contribution in [0.25, 0.3) is 20.2 Å². The first kappa shape index (κ1) is 23.9. The van der Waals surface area contributed by atoms with Crippen LogP contribution in [0.4, 0.5) is 0 Å². The van der Waals surface area contributed by atoms with Crippen molar-refractivity contribution >= 4 is 31.5 Å². The highest BCUT2D eigenvalue weighted by molar-refractivity contribution is 7.26. The van der Waals surface area contributed by atoms with E-state index >= 15 is 0 Å². The van der Waals surface area contributed by atoms with E-state index in [4.69, 9.17) is 9.47 Å². The molecular weight excluding hydrogens is 400 g/mol. The number of fused-ring (bicyclic) bond motifs is 3. The van der Waals surface area contributed by atoms with Gasteiger partial charge in [0.1, 0.15) is 0 Å². The van der Waals surface area contributed by atoms with Crippen molar-refractivity contribution in [1.82, 2.24) is 0 Å². The van der Waals surface area contributed by atoms with Gasteiger partial charge in [0.05, 0.1) is 17.9 Å². The van der Waals surface area contributed by atoms with Crippen molar-refractivity contribution in [3.63, 3.8) is 0 Å². The van der Waals surface area contributed by atoms with Crippen LogP contribution in [-0.4, -0.2) is 13.2 Å². The minimum absolute atomic E-state index is 0.771. The Balaban J connectivity index is 1.64. The van der Waals surface area contributed by atoms with Crippen molar-refractivity contribution in [2.75, 3.05) is 13.2 Å². The van der Waals surface area contributed by atoms with Crippen LogP contribution >= 0.6 is 11.3 Å². The third-order valence-electron chi connectivity index (χ3n) is 5.97. The molecule has 0 aliphatic rings. The molecule has 0 atom stereocenters. The molecule has 0 saturated carbocycles. The van der Waals surface area contributed by atoms with E-state index in [9.17, 15) is 0 Å². The molecule has 0 aliphatic heterocycles. The Hall–Kier alpha value is -1.74. The number of thiophene rings is 1. The first-order chi connectivity index (χ1) is 15.3. The zero-order valence-corrected chi connectivity index (χ0v) is 20.4. The first-order valence-corrected chi connectivity index (χ1v) is 13.4. The molecule has 3 rings (SSSR count). The molecule has 31 heavy (non-hydrogen) atoms. The van der Waals surface area contributed by atoms with Gasteiger partial charge in [0.15, 0.2) is 11.5 Å². The summed E-state index contributed by atoms with van der Waals surface area (Å²) in [6.07, 6.45) is 15.3. The summed E-state index contributed by atoms with van der Waals surface area (Å²) in [4.78, 5) is 0. The predicted octanol–water partition coefficient (Wildman–Crippen LogP) is 9.53. The second-order valence-corrected chi connectivity index (χ2v) is 9.65. The molecule has 0 spiro atoms. The molecule has 0 radical (unpaired) electrons. The van der Waals surface area contributed by atoms with Crippen LogP contribution in [0.3, 0.4) is 0 Å². The standard InChI is InChI=1S/C28H40O2S/c1-3-5-7-9-11-15-21-29-25-20-19-24-23-17-13-14-18-26(23)31-28(24)27(25)30-22-16-12-10-8-6-4-2/h13-14,17-20H,3-12,15-16,21-22H2,1-2H3. The van der Waals surface area contributed by atoms with E-state index in [2.05, 4.69) is 50.2 Å². The van der Waals surface area contributed by atoms with Crippen LogP contribution in [0.15, 0.2) is 36.4 Å². The highest BCUT2D eigenvalue weighted by Crippen LogP contribution is 2.44. The lowest BCUT2D eigenvalue weighted by atomic mass is 10.1. The number of ether oxygens (including phenoxy) is 2. The van der Waals surface area contributed by atoms with Gasteiger partial charge in [-0.1, -0.05) is 96.3 Å². The van der Waals surface area contributed by atoms with Crippen LogP contribution < -0.4 is 9.47 Å². The van der Waals surface area contributed by atoms with Crippen molar-refractivity contribution < 1.29 is 9.47 Å². The Morgan fingerprint density at radius 1 is 0.613 bits per heavy atom. The normalized spacial score (nSPS) is 11.4. The molecule has 0 N–H and O–H groups in total. The molecule has 3 aromatic rings. The van der Waals surface area contributed by atoms with Gasteiger partial charge < -0.3 is 9.47 Å². The van der Waals surface area contributed by atoms with E-state index in [1.807, 2.05) is 11.3 Å². The lowest BCUT2D eigenvalue weighted by Crippen LogP contribution is -2.03. The molecule has 170 valence electrons. The molecule has 0 bridgehead atoms. The summed E-state index contributed by atoms with van der Waals surface area (Å²) >= 11 is 1.83. The van der Waals surface area contributed by atoms with Crippen LogP contribution in [-0.2, 0) is 0 Å². The molecule has 1 aromatic heterocycles. The van der Waals surface area contributed by atoms with Gasteiger partial charge in [-0.15, -0.1) is 11.3 Å². The van der Waals surface area contributed by atoms with Crippen molar-refractivity contribution in [2.45, 2.75) is 90.9 Å². The molecular formula is C28H40O2S. The molecule has 0 fully saturated rings. The molecule has 0 saturated heterocycles. The topological polar surface area (TPSA) is 18.5 Å². The molecule has 2 nitrogen and oxygen atoms in total. The van der Waals surface area contributed by atoms with E-state index in [0.717, 1.165) is 37.6 Å². The average Bonchev–Trinajstić information content (AvgIpc) is 3.17. The molecule has 3 heteroatoms. The maximum atomic E-state index is 6.38. The average molecular weight is 441 g/mol. The smallest absolute Gasteiger partial charge is 0.178 e. The largest absolute Gasteiger partial charge is 0.490 e. The van der Waals surface area contributed by atoms with Gasteiger partial charge in [-0.25, -0.2) is 0 Å². The fourth-order valence-electron chi connectivity index (χ4n) is 4.12. The maximum Gasteiger partial charge on any atom is 0.178 e. The summed E-state index contributed by atoms with van der Waals surface area (Å²) in [5.74, 6) is 1.87. The summed E-state index contributed by atoms with van der Waals surface area (Å²) in [7, 11) is 0. The van der Waals surface area contributed by atoms with Gasteiger partial charge in [0, 0.05) is 15.5 Å².